The molecule has 96 valence electrons. The van der Waals surface area contributed by atoms with Crippen LogP contribution in [0, 0.1) is 5.82 Å². The fourth-order valence-electron chi connectivity index (χ4n) is 1.77. The Bertz CT molecular complexity index is 545. The van der Waals surface area contributed by atoms with Gasteiger partial charge in [0.05, 0.1) is 21.8 Å². The Kier molecular flexibility index (Phi) is 3.78. The average molecular weight is 288 g/mol. The number of halogens is 3. The van der Waals surface area contributed by atoms with Crippen LogP contribution in [0.15, 0.2) is 24.4 Å². The van der Waals surface area contributed by atoms with Crippen LogP contribution in [0.2, 0.25) is 10.0 Å². The molecule has 3 nitrogen and oxygen atoms in total. The topological polar surface area (TPSA) is 29.9 Å². The number of nitrogens with one attached hydrogen (secondary N) is 1. The third-order valence-corrected chi connectivity index (χ3v) is 3.22. The van der Waals surface area contributed by atoms with Crippen LogP contribution in [0.25, 0.3) is 0 Å². The van der Waals surface area contributed by atoms with E-state index in [1.807, 2.05) is 20.0 Å². The number of anilines is 1. The average Bonchev–Trinajstić information content (AvgIpc) is 2.72. The number of nitrogens with zero attached hydrogens (tertiary/aromatic N) is 2. The summed E-state index contributed by atoms with van der Waals surface area (Å²) in [7, 11) is 1.86. The van der Waals surface area contributed by atoms with Crippen molar-refractivity contribution in [1.29, 1.82) is 0 Å². The van der Waals surface area contributed by atoms with Crippen molar-refractivity contribution < 1.29 is 4.39 Å². The third kappa shape index (κ3) is 2.60. The molecule has 0 saturated carbocycles. The van der Waals surface area contributed by atoms with Gasteiger partial charge in [-0.1, -0.05) is 23.2 Å². The van der Waals surface area contributed by atoms with Gasteiger partial charge in [-0.15, -0.1) is 0 Å². The summed E-state index contributed by atoms with van der Waals surface area (Å²) in [5, 5.41) is 7.29. The first-order valence-corrected chi connectivity index (χ1v) is 6.13. The molecule has 0 amide bonds. The zero-order valence-electron chi connectivity index (χ0n) is 9.92. The van der Waals surface area contributed by atoms with Gasteiger partial charge in [0.15, 0.2) is 5.82 Å². The van der Waals surface area contributed by atoms with Gasteiger partial charge in [0.2, 0.25) is 0 Å². The van der Waals surface area contributed by atoms with Gasteiger partial charge in [0.1, 0.15) is 0 Å². The van der Waals surface area contributed by atoms with E-state index in [1.165, 1.54) is 12.1 Å². The van der Waals surface area contributed by atoms with E-state index in [2.05, 4.69) is 10.4 Å². The van der Waals surface area contributed by atoms with Gasteiger partial charge in [-0.05, 0) is 25.1 Å². The van der Waals surface area contributed by atoms with E-state index in [1.54, 1.807) is 10.9 Å². The van der Waals surface area contributed by atoms with E-state index in [0.717, 1.165) is 5.69 Å². The molecule has 0 aliphatic heterocycles. The van der Waals surface area contributed by atoms with Gasteiger partial charge in [-0.2, -0.15) is 5.10 Å². The van der Waals surface area contributed by atoms with Gasteiger partial charge >= 0.3 is 0 Å². The summed E-state index contributed by atoms with van der Waals surface area (Å²) in [4.78, 5) is 0. The van der Waals surface area contributed by atoms with Crippen LogP contribution >= 0.6 is 23.2 Å². The summed E-state index contributed by atoms with van der Waals surface area (Å²) in [5.74, 6) is -0.600. The van der Waals surface area contributed by atoms with E-state index >= 15 is 0 Å². The van der Waals surface area contributed by atoms with Crippen LogP contribution < -0.4 is 5.32 Å². The number of benzene rings is 1. The molecule has 2 rings (SSSR count). The smallest absolute Gasteiger partial charge is 0.160 e. The molecule has 6 heteroatoms. The van der Waals surface area contributed by atoms with Crippen molar-refractivity contribution in [2.75, 3.05) is 5.32 Å². The van der Waals surface area contributed by atoms with Gasteiger partial charge in [0.25, 0.3) is 0 Å². The standard InChI is InChI=1S/C12H12Cl2FN3/c1-7(11-3-4-16-18(11)2)17-8-5-9(13)12(15)10(14)6-8/h3-7,17H,1-2H3. The highest BCUT2D eigenvalue weighted by Gasteiger charge is 2.12. The lowest BCUT2D eigenvalue weighted by atomic mass is 10.2. The van der Waals surface area contributed by atoms with Crippen molar-refractivity contribution in [3.63, 3.8) is 0 Å². The van der Waals surface area contributed by atoms with E-state index in [0.29, 0.717) is 5.69 Å². The molecule has 0 bridgehead atoms. The number of hydrogen-bond acceptors (Lipinski definition) is 2. The highest BCUT2D eigenvalue weighted by Crippen LogP contribution is 2.29. The minimum absolute atomic E-state index is 0.00204. The Morgan fingerprint density at radius 1 is 1.33 bits per heavy atom. The molecule has 1 unspecified atom stereocenters. The summed E-state index contributed by atoms with van der Waals surface area (Å²) in [5.41, 5.74) is 1.67. The molecule has 0 fully saturated rings. The van der Waals surface area contributed by atoms with Crippen LogP contribution in [0.5, 0.6) is 0 Å². The fraction of sp³-hybridized carbons (Fsp3) is 0.250. The number of hydrogen-bond donors (Lipinski definition) is 1. The highest BCUT2D eigenvalue weighted by molar-refractivity contribution is 6.35. The first-order valence-electron chi connectivity index (χ1n) is 5.38. The number of aryl methyl sites for hydroxylation is 1. The van der Waals surface area contributed by atoms with Crippen molar-refractivity contribution in [1.82, 2.24) is 9.78 Å². The van der Waals surface area contributed by atoms with Gasteiger partial charge in [-0.3, -0.25) is 4.68 Å². The number of aromatic nitrogens is 2. The molecule has 0 radical (unpaired) electrons. The lowest BCUT2D eigenvalue weighted by Gasteiger charge is -2.16. The van der Waals surface area contributed by atoms with Gasteiger partial charge in [0, 0.05) is 18.9 Å². The molecule has 0 spiro atoms. The Balaban J connectivity index is 2.22. The Labute approximate surface area is 115 Å². The minimum Gasteiger partial charge on any atom is -0.377 e. The first-order chi connectivity index (χ1) is 8.49. The van der Waals surface area contributed by atoms with Crippen molar-refractivity contribution in [3.8, 4) is 0 Å². The van der Waals surface area contributed by atoms with Crippen molar-refractivity contribution in [3.05, 3.63) is 46.0 Å². The molecule has 18 heavy (non-hydrogen) atoms. The highest BCUT2D eigenvalue weighted by atomic mass is 35.5. The van der Waals surface area contributed by atoms with Crippen LogP contribution in [0.3, 0.4) is 0 Å². The molecule has 0 saturated heterocycles. The van der Waals surface area contributed by atoms with E-state index in [4.69, 9.17) is 23.2 Å². The molecule has 1 atom stereocenters. The second-order valence-electron chi connectivity index (χ2n) is 4.00. The largest absolute Gasteiger partial charge is 0.377 e. The SMILES string of the molecule is CC(Nc1cc(Cl)c(F)c(Cl)c1)c1ccnn1C. The summed E-state index contributed by atoms with van der Waals surface area (Å²) in [6.45, 7) is 1.97. The van der Waals surface area contributed by atoms with Gasteiger partial charge in [-0.25, -0.2) is 4.39 Å². The van der Waals surface area contributed by atoms with Crippen LogP contribution in [0.4, 0.5) is 10.1 Å². The molecule has 0 aliphatic carbocycles. The quantitative estimate of drug-likeness (QED) is 0.864. The van der Waals surface area contributed by atoms with Crippen LogP contribution in [-0.2, 0) is 7.05 Å². The molecule has 1 heterocycles. The zero-order valence-corrected chi connectivity index (χ0v) is 11.4. The normalized spacial score (nSPS) is 12.5. The Hall–Kier alpha value is -1.26. The number of rotatable bonds is 3. The molecule has 1 N–H and O–H groups in total. The maximum absolute atomic E-state index is 13.3. The van der Waals surface area contributed by atoms with Crippen molar-refractivity contribution in [2.24, 2.45) is 7.05 Å². The first kappa shape index (κ1) is 13.2. The summed E-state index contributed by atoms with van der Waals surface area (Å²) >= 11 is 11.5. The van der Waals surface area contributed by atoms with E-state index < -0.39 is 5.82 Å². The second kappa shape index (κ2) is 5.16. The lowest BCUT2D eigenvalue weighted by Crippen LogP contribution is -2.11. The maximum Gasteiger partial charge on any atom is 0.160 e. The molecule has 0 aliphatic rings. The van der Waals surface area contributed by atoms with Crippen molar-refractivity contribution >= 4 is 28.9 Å². The molecule has 1 aromatic carbocycles. The summed E-state index contributed by atoms with van der Waals surface area (Å²) in [6.07, 6.45) is 1.72. The predicted molar refractivity (Wildman–Crippen MR) is 71.7 cm³/mol. The Morgan fingerprint density at radius 3 is 2.44 bits per heavy atom. The van der Waals surface area contributed by atoms with Crippen LogP contribution in [0.1, 0.15) is 18.7 Å². The van der Waals surface area contributed by atoms with E-state index in [-0.39, 0.29) is 16.1 Å². The van der Waals surface area contributed by atoms with Crippen LogP contribution in [-0.4, -0.2) is 9.78 Å². The summed E-state index contributed by atoms with van der Waals surface area (Å²) in [6, 6.07) is 4.94. The summed E-state index contributed by atoms with van der Waals surface area (Å²) < 4.78 is 15.0. The third-order valence-electron chi connectivity index (χ3n) is 2.67. The minimum atomic E-state index is -0.600. The lowest BCUT2D eigenvalue weighted by molar-refractivity contribution is 0.628. The predicted octanol–water partition coefficient (Wildman–Crippen LogP) is 4.04. The molecule has 2 aromatic rings. The maximum atomic E-state index is 13.3. The van der Waals surface area contributed by atoms with Gasteiger partial charge < -0.3 is 5.32 Å². The zero-order chi connectivity index (χ0) is 13.3. The second-order valence-corrected chi connectivity index (χ2v) is 4.81. The molecular weight excluding hydrogens is 276 g/mol. The van der Waals surface area contributed by atoms with Crippen molar-refractivity contribution in [2.45, 2.75) is 13.0 Å². The molecular formula is C12H12Cl2FN3. The van der Waals surface area contributed by atoms with E-state index in [9.17, 15) is 4.39 Å². The Morgan fingerprint density at radius 2 is 1.94 bits per heavy atom. The fourth-order valence-corrected chi connectivity index (χ4v) is 2.26. The monoisotopic (exact) mass is 287 g/mol. The molecule has 1 aromatic heterocycles.